The molecule has 2 unspecified atom stereocenters. The summed E-state index contributed by atoms with van der Waals surface area (Å²) in [5.41, 5.74) is 0.885. The van der Waals surface area contributed by atoms with Gasteiger partial charge in [0, 0.05) is 5.57 Å². The van der Waals surface area contributed by atoms with E-state index in [0.717, 1.165) is 12.8 Å². The first-order valence-electron chi connectivity index (χ1n) is 6.27. The van der Waals surface area contributed by atoms with E-state index < -0.39 is 5.97 Å². The molecule has 0 aromatic rings. The number of hydrogen-bond acceptors (Lipinski definition) is 1. The summed E-state index contributed by atoms with van der Waals surface area (Å²) < 4.78 is 0. The molecule has 1 fully saturated rings. The lowest BCUT2D eigenvalue weighted by atomic mass is 9.65. The van der Waals surface area contributed by atoms with E-state index in [9.17, 15) is 4.79 Å². The van der Waals surface area contributed by atoms with Crippen molar-refractivity contribution < 1.29 is 9.90 Å². The van der Waals surface area contributed by atoms with Crippen LogP contribution in [0.1, 0.15) is 53.4 Å². The molecule has 0 aromatic heterocycles. The van der Waals surface area contributed by atoms with Crippen molar-refractivity contribution in [2.75, 3.05) is 0 Å². The Labute approximate surface area is 98.7 Å². The van der Waals surface area contributed by atoms with E-state index in [4.69, 9.17) is 5.11 Å². The molecule has 92 valence electrons. The quantitative estimate of drug-likeness (QED) is 0.739. The van der Waals surface area contributed by atoms with Gasteiger partial charge < -0.3 is 5.11 Å². The summed E-state index contributed by atoms with van der Waals surface area (Å²) in [6, 6.07) is 0. The summed E-state index contributed by atoms with van der Waals surface area (Å²) in [6.07, 6.45) is 6.74. The third kappa shape index (κ3) is 3.10. The van der Waals surface area contributed by atoms with Crippen molar-refractivity contribution in [3.05, 3.63) is 11.6 Å². The van der Waals surface area contributed by atoms with E-state index in [1.807, 2.05) is 6.08 Å². The van der Waals surface area contributed by atoms with Crippen molar-refractivity contribution in [3.8, 4) is 0 Å². The smallest absolute Gasteiger partial charge is 0.330 e. The van der Waals surface area contributed by atoms with E-state index in [2.05, 4.69) is 20.8 Å². The molecule has 1 aliphatic rings. The molecular weight excluding hydrogens is 200 g/mol. The highest BCUT2D eigenvalue weighted by Crippen LogP contribution is 2.44. The third-order valence-corrected chi connectivity index (χ3v) is 4.27. The van der Waals surface area contributed by atoms with Crippen LogP contribution in [-0.2, 0) is 4.79 Å². The summed E-state index contributed by atoms with van der Waals surface area (Å²) in [6.45, 7) is 8.59. The molecule has 1 aliphatic carbocycles. The molecule has 2 nitrogen and oxygen atoms in total. The van der Waals surface area contributed by atoms with Crippen molar-refractivity contribution in [2.24, 2.45) is 17.3 Å². The summed E-state index contributed by atoms with van der Waals surface area (Å²) in [5, 5.41) is 8.88. The molecule has 2 heteroatoms. The van der Waals surface area contributed by atoms with Gasteiger partial charge in [-0.3, -0.25) is 0 Å². The van der Waals surface area contributed by atoms with Crippen LogP contribution in [0.15, 0.2) is 11.6 Å². The summed E-state index contributed by atoms with van der Waals surface area (Å²) >= 11 is 0. The number of carboxylic acids is 1. The van der Waals surface area contributed by atoms with E-state index in [-0.39, 0.29) is 0 Å². The maximum atomic E-state index is 10.8. The zero-order valence-electron chi connectivity index (χ0n) is 10.9. The highest BCUT2D eigenvalue weighted by atomic mass is 16.4. The number of carbonyl (C=O) groups is 1. The highest BCUT2D eigenvalue weighted by Gasteiger charge is 2.33. The van der Waals surface area contributed by atoms with Crippen molar-refractivity contribution in [1.82, 2.24) is 0 Å². The second-order valence-electron chi connectivity index (χ2n) is 5.82. The zero-order valence-corrected chi connectivity index (χ0v) is 10.9. The third-order valence-electron chi connectivity index (χ3n) is 4.27. The minimum Gasteiger partial charge on any atom is -0.478 e. The van der Waals surface area contributed by atoms with Crippen molar-refractivity contribution in [2.45, 2.75) is 53.4 Å². The van der Waals surface area contributed by atoms with Crippen molar-refractivity contribution >= 4 is 5.97 Å². The minimum absolute atomic E-state index is 0.387. The first-order chi connectivity index (χ1) is 7.35. The first-order valence-corrected chi connectivity index (χ1v) is 6.27. The highest BCUT2D eigenvalue weighted by molar-refractivity contribution is 5.85. The average molecular weight is 224 g/mol. The Kier molecular flexibility index (Phi) is 4.17. The molecule has 0 heterocycles. The van der Waals surface area contributed by atoms with Gasteiger partial charge in [0.2, 0.25) is 0 Å². The van der Waals surface area contributed by atoms with Gasteiger partial charge in [-0.25, -0.2) is 4.79 Å². The number of hydrogen-bond donors (Lipinski definition) is 1. The van der Waals surface area contributed by atoms with Gasteiger partial charge >= 0.3 is 5.97 Å². The normalized spacial score (nSPS) is 31.8. The van der Waals surface area contributed by atoms with Gasteiger partial charge in [-0.2, -0.15) is 0 Å². The number of aliphatic carboxylic acids is 1. The number of carboxylic acid groups (broad SMARTS) is 1. The van der Waals surface area contributed by atoms with Gasteiger partial charge in [0.05, 0.1) is 0 Å². The Morgan fingerprint density at radius 2 is 2.12 bits per heavy atom. The molecule has 1 rings (SSSR count). The van der Waals surface area contributed by atoms with Gasteiger partial charge in [-0.15, -0.1) is 0 Å². The lowest BCUT2D eigenvalue weighted by Gasteiger charge is -2.40. The van der Waals surface area contributed by atoms with Gasteiger partial charge in [0.15, 0.2) is 0 Å². The van der Waals surface area contributed by atoms with Gasteiger partial charge in [0.25, 0.3) is 0 Å². The van der Waals surface area contributed by atoms with Crippen LogP contribution in [0.25, 0.3) is 0 Å². The van der Waals surface area contributed by atoms with Crippen LogP contribution in [0.5, 0.6) is 0 Å². The summed E-state index contributed by atoms with van der Waals surface area (Å²) in [4.78, 5) is 10.8. The molecule has 0 amide bonds. The Morgan fingerprint density at radius 1 is 1.50 bits per heavy atom. The Hall–Kier alpha value is -0.790. The Morgan fingerprint density at radius 3 is 2.62 bits per heavy atom. The van der Waals surface area contributed by atoms with Crippen LogP contribution < -0.4 is 0 Å². The molecule has 0 spiro atoms. The largest absolute Gasteiger partial charge is 0.478 e. The number of rotatable bonds is 3. The average Bonchev–Trinajstić information content (AvgIpc) is 2.17. The van der Waals surface area contributed by atoms with Gasteiger partial charge in [-0.05, 0) is 43.4 Å². The maximum Gasteiger partial charge on any atom is 0.330 e. The zero-order chi connectivity index (χ0) is 12.3. The molecule has 0 bridgehead atoms. The topological polar surface area (TPSA) is 37.3 Å². The van der Waals surface area contributed by atoms with Crippen molar-refractivity contribution in [3.63, 3.8) is 0 Å². The fourth-order valence-corrected chi connectivity index (χ4v) is 2.66. The summed E-state index contributed by atoms with van der Waals surface area (Å²) in [7, 11) is 0. The van der Waals surface area contributed by atoms with E-state index >= 15 is 0 Å². The van der Waals surface area contributed by atoms with Crippen LogP contribution in [0.4, 0.5) is 0 Å². The monoisotopic (exact) mass is 224 g/mol. The Bertz CT molecular complexity index is 291. The number of allylic oxidation sites excluding steroid dienone is 1. The minimum atomic E-state index is -0.781. The molecule has 0 saturated heterocycles. The van der Waals surface area contributed by atoms with Gasteiger partial charge in [-0.1, -0.05) is 33.3 Å². The molecule has 0 radical (unpaired) electrons. The van der Waals surface area contributed by atoms with E-state index in [1.54, 1.807) is 6.92 Å². The van der Waals surface area contributed by atoms with Crippen LogP contribution in [-0.4, -0.2) is 11.1 Å². The van der Waals surface area contributed by atoms with Crippen molar-refractivity contribution in [1.29, 1.82) is 0 Å². The van der Waals surface area contributed by atoms with E-state index in [1.165, 1.54) is 12.8 Å². The Balaban J connectivity index is 2.71. The fraction of sp³-hybridized carbons (Fsp3) is 0.786. The lowest BCUT2D eigenvalue weighted by molar-refractivity contribution is -0.132. The van der Waals surface area contributed by atoms with E-state index in [0.29, 0.717) is 22.8 Å². The molecule has 2 atom stereocenters. The van der Waals surface area contributed by atoms with Crippen LogP contribution in [0.3, 0.4) is 0 Å². The fourth-order valence-electron chi connectivity index (χ4n) is 2.66. The molecule has 16 heavy (non-hydrogen) atoms. The standard InChI is InChI=1S/C14H24O2/c1-10(2)14(4)7-5-6-12(9-14)8-11(3)13(15)16/h8,10,12H,5-7,9H2,1-4H3,(H,15,16). The molecule has 0 aliphatic heterocycles. The summed E-state index contributed by atoms with van der Waals surface area (Å²) in [5.74, 6) is 0.350. The van der Waals surface area contributed by atoms with Crippen LogP contribution >= 0.6 is 0 Å². The van der Waals surface area contributed by atoms with Gasteiger partial charge in [0.1, 0.15) is 0 Å². The predicted molar refractivity (Wildman–Crippen MR) is 66.3 cm³/mol. The second-order valence-corrected chi connectivity index (χ2v) is 5.82. The van der Waals surface area contributed by atoms with Crippen LogP contribution in [0, 0.1) is 17.3 Å². The first kappa shape index (κ1) is 13.3. The van der Waals surface area contributed by atoms with Crippen LogP contribution in [0.2, 0.25) is 0 Å². The second kappa shape index (κ2) is 5.03. The predicted octanol–water partition coefficient (Wildman–Crippen LogP) is 3.87. The molecule has 1 N–H and O–H groups in total. The molecule has 1 saturated carbocycles. The molecule has 0 aromatic carbocycles. The lowest BCUT2D eigenvalue weighted by Crippen LogP contribution is -2.30. The maximum absolute atomic E-state index is 10.8. The SMILES string of the molecule is CC(=CC1CCCC(C)(C(C)C)C1)C(=O)O. The molecular formula is C14H24O2.